The number of aromatic nitrogens is 2. The Morgan fingerprint density at radius 3 is 2.43 bits per heavy atom. The van der Waals surface area contributed by atoms with Crippen LogP contribution in [0.25, 0.3) is 0 Å². The van der Waals surface area contributed by atoms with E-state index in [1.807, 2.05) is 19.9 Å². The van der Waals surface area contributed by atoms with Crippen molar-refractivity contribution in [1.82, 2.24) is 9.78 Å². The number of hydrogen-bond donors (Lipinski definition) is 1. The van der Waals surface area contributed by atoms with Gasteiger partial charge in [0, 0.05) is 18.3 Å². The molecule has 21 heavy (non-hydrogen) atoms. The number of aryl methyl sites for hydroxylation is 2. The fourth-order valence-electron chi connectivity index (χ4n) is 1.93. The van der Waals surface area contributed by atoms with Crippen LogP contribution in [0.15, 0.2) is 30.3 Å². The zero-order valence-electron chi connectivity index (χ0n) is 12.2. The van der Waals surface area contributed by atoms with E-state index in [-0.39, 0.29) is 18.4 Å². The summed E-state index contributed by atoms with van der Waals surface area (Å²) in [6, 6.07) is 8.65. The Labute approximate surface area is 122 Å². The summed E-state index contributed by atoms with van der Waals surface area (Å²) >= 11 is 0. The molecule has 2 rings (SSSR count). The van der Waals surface area contributed by atoms with E-state index in [0.29, 0.717) is 11.4 Å². The molecule has 1 heterocycles. The van der Waals surface area contributed by atoms with E-state index in [9.17, 15) is 9.59 Å². The summed E-state index contributed by atoms with van der Waals surface area (Å²) in [6.45, 7) is 5.00. The lowest BCUT2D eigenvalue weighted by Crippen LogP contribution is -2.21. The van der Waals surface area contributed by atoms with Crippen LogP contribution in [0, 0.1) is 13.8 Å². The summed E-state index contributed by atoms with van der Waals surface area (Å²) in [5.74, 6) is 0.189. The van der Waals surface area contributed by atoms with Gasteiger partial charge in [0.2, 0.25) is 5.91 Å². The maximum Gasteiger partial charge on any atom is 0.284 e. The quantitative estimate of drug-likeness (QED) is 0.935. The van der Waals surface area contributed by atoms with Gasteiger partial charge in [0.1, 0.15) is 5.75 Å². The fourth-order valence-corrected chi connectivity index (χ4v) is 1.93. The van der Waals surface area contributed by atoms with Gasteiger partial charge in [0.05, 0.1) is 5.69 Å². The van der Waals surface area contributed by atoms with Crippen molar-refractivity contribution in [3.63, 3.8) is 0 Å². The first-order valence-corrected chi connectivity index (χ1v) is 6.52. The van der Waals surface area contributed by atoms with E-state index in [4.69, 9.17) is 4.74 Å². The van der Waals surface area contributed by atoms with Gasteiger partial charge in [-0.3, -0.25) is 9.59 Å². The zero-order valence-corrected chi connectivity index (χ0v) is 12.2. The molecule has 0 aliphatic carbocycles. The van der Waals surface area contributed by atoms with Gasteiger partial charge in [-0.15, -0.1) is 0 Å². The van der Waals surface area contributed by atoms with E-state index in [0.717, 1.165) is 11.4 Å². The van der Waals surface area contributed by atoms with E-state index < -0.39 is 0 Å². The standard InChI is InChI=1S/C15H17N3O3/c1-10-8-11(2)18(17-10)15(20)9-21-14-6-4-13(5-7-14)16-12(3)19/h4-8H,9H2,1-3H3,(H,16,19). The summed E-state index contributed by atoms with van der Waals surface area (Å²) in [6.07, 6.45) is 0. The van der Waals surface area contributed by atoms with Crippen LogP contribution in [0.3, 0.4) is 0 Å². The van der Waals surface area contributed by atoms with Crippen LogP contribution in [-0.2, 0) is 4.79 Å². The Balaban J connectivity index is 1.95. The second-order valence-corrected chi connectivity index (χ2v) is 4.73. The average molecular weight is 287 g/mol. The highest BCUT2D eigenvalue weighted by Crippen LogP contribution is 2.15. The number of amides is 1. The van der Waals surface area contributed by atoms with Gasteiger partial charge in [0.25, 0.3) is 5.91 Å². The Morgan fingerprint density at radius 1 is 1.24 bits per heavy atom. The molecule has 2 aromatic rings. The van der Waals surface area contributed by atoms with Gasteiger partial charge < -0.3 is 10.1 Å². The topological polar surface area (TPSA) is 73.2 Å². The second kappa shape index (κ2) is 6.21. The molecule has 0 saturated heterocycles. The van der Waals surface area contributed by atoms with Crippen LogP contribution >= 0.6 is 0 Å². The molecule has 0 unspecified atom stereocenters. The molecule has 0 bridgehead atoms. The summed E-state index contributed by atoms with van der Waals surface area (Å²) in [5.41, 5.74) is 2.25. The molecular weight excluding hydrogens is 270 g/mol. The largest absolute Gasteiger partial charge is 0.484 e. The Hall–Kier alpha value is -2.63. The van der Waals surface area contributed by atoms with Crippen molar-refractivity contribution in [3.05, 3.63) is 41.7 Å². The molecule has 0 aliphatic rings. The number of rotatable bonds is 4. The fraction of sp³-hybridized carbons (Fsp3) is 0.267. The number of ether oxygens (including phenoxy) is 1. The van der Waals surface area contributed by atoms with Gasteiger partial charge in [-0.2, -0.15) is 5.10 Å². The lowest BCUT2D eigenvalue weighted by molar-refractivity contribution is -0.114. The maximum absolute atomic E-state index is 12.0. The van der Waals surface area contributed by atoms with E-state index >= 15 is 0 Å². The van der Waals surface area contributed by atoms with Crippen molar-refractivity contribution in [1.29, 1.82) is 0 Å². The Bertz CT molecular complexity index is 659. The van der Waals surface area contributed by atoms with Gasteiger partial charge in [-0.25, -0.2) is 4.68 Å². The molecule has 0 saturated carbocycles. The molecule has 110 valence electrons. The molecule has 0 atom stereocenters. The molecule has 6 nitrogen and oxygen atoms in total. The second-order valence-electron chi connectivity index (χ2n) is 4.73. The predicted molar refractivity (Wildman–Crippen MR) is 78.6 cm³/mol. The van der Waals surface area contributed by atoms with Crippen LogP contribution < -0.4 is 10.1 Å². The molecule has 0 radical (unpaired) electrons. The minimum absolute atomic E-state index is 0.0958. The highest BCUT2D eigenvalue weighted by molar-refractivity contribution is 5.88. The van der Waals surface area contributed by atoms with Crippen molar-refractivity contribution >= 4 is 17.5 Å². The Morgan fingerprint density at radius 2 is 1.90 bits per heavy atom. The molecule has 1 N–H and O–H groups in total. The van der Waals surface area contributed by atoms with Crippen LogP contribution in [0.4, 0.5) is 5.69 Å². The van der Waals surface area contributed by atoms with Gasteiger partial charge in [0.15, 0.2) is 6.61 Å². The average Bonchev–Trinajstić information content (AvgIpc) is 2.76. The normalized spacial score (nSPS) is 10.2. The summed E-state index contributed by atoms with van der Waals surface area (Å²) in [7, 11) is 0. The highest BCUT2D eigenvalue weighted by Gasteiger charge is 2.10. The van der Waals surface area contributed by atoms with Crippen molar-refractivity contribution in [2.24, 2.45) is 0 Å². The third-order valence-electron chi connectivity index (χ3n) is 2.78. The monoisotopic (exact) mass is 287 g/mol. The molecule has 1 aromatic carbocycles. The molecule has 1 amide bonds. The van der Waals surface area contributed by atoms with Crippen molar-refractivity contribution in [3.8, 4) is 5.75 Å². The number of benzene rings is 1. The van der Waals surface area contributed by atoms with Crippen LogP contribution in [0.2, 0.25) is 0 Å². The number of carbonyl (C=O) groups excluding carboxylic acids is 2. The summed E-state index contributed by atoms with van der Waals surface area (Å²) in [4.78, 5) is 22.9. The molecule has 0 spiro atoms. The summed E-state index contributed by atoms with van der Waals surface area (Å²) in [5, 5.41) is 6.77. The van der Waals surface area contributed by atoms with E-state index in [1.165, 1.54) is 11.6 Å². The van der Waals surface area contributed by atoms with Crippen LogP contribution in [0.5, 0.6) is 5.75 Å². The first kappa shape index (κ1) is 14.8. The van der Waals surface area contributed by atoms with Crippen molar-refractivity contribution < 1.29 is 14.3 Å². The number of anilines is 1. The van der Waals surface area contributed by atoms with Crippen molar-refractivity contribution in [2.45, 2.75) is 20.8 Å². The van der Waals surface area contributed by atoms with E-state index in [1.54, 1.807) is 24.3 Å². The molecule has 0 aliphatic heterocycles. The first-order chi connectivity index (χ1) is 9.95. The SMILES string of the molecule is CC(=O)Nc1ccc(OCC(=O)n2nc(C)cc2C)cc1. The molecular formula is C15H17N3O3. The van der Waals surface area contributed by atoms with Crippen molar-refractivity contribution in [2.75, 3.05) is 11.9 Å². The van der Waals surface area contributed by atoms with Crippen LogP contribution in [-0.4, -0.2) is 28.2 Å². The third-order valence-corrected chi connectivity index (χ3v) is 2.78. The predicted octanol–water partition coefficient (Wildman–Crippen LogP) is 2.18. The summed E-state index contributed by atoms with van der Waals surface area (Å²) < 4.78 is 6.76. The van der Waals surface area contributed by atoms with Gasteiger partial charge >= 0.3 is 0 Å². The third kappa shape index (κ3) is 3.92. The number of nitrogens with zero attached hydrogens (tertiary/aromatic N) is 2. The van der Waals surface area contributed by atoms with Gasteiger partial charge in [-0.1, -0.05) is 0 Å². The first-order valence-electron chi connectivity index (χ1n) is 6.52. The smallest absolute Gasteiger partial charge is 0.284 e. The number of nitrogens with one attached hydrogen (secondary N) is 1. The number of carbonyl (C=O) groups is 2. The lowest BCUT2D eigenvalue weighted by Gasteiger charge is -2.07. The number of hydrogen-bond acceptors (Lipinski definition) is 4. The van der Waals surface area contributed by atoms with E-state index in [2.05, 4.69) is 10.4 Å². The molecule has 1 aromatic heterocycles. The minimum atomic E-state index is -0.230. The molecule has 0 fully saturated rings. The minimum Gasteiger partial charge on any atom is -0.484 e. The van der Waals surface area contributed by atoms with Gasteiger partial charge in [-0.05, 0) is 44.2 Å². The maximum atomic E-state index is 12.0. The molecule has 6 heteroatoms. The van der Waals surface area contributed by atoms with Crippen LogP contribution in [0.1, 0.15) is 23.1 Å². The lowest BCUT2D eigenvalue weighted by atomic mass is 10.3. The zero-order chi connectivity index (χ0) is 15.4. The Kier molecular flexibility index (Phi) is 4.37. The highest BCUT2D eigenvalue weighted by atomic mass is 16.5.